The number of carbonyl (C=O) groups is 3. The lowest BCUT2D eigenvalue weighted by Crippen LogP contribution is -2.54. The van der Waals surface area contributed by atoms with Gasteiger partial charge in [-0.3, -0.25) is 14.4 Å². The fraction of sp³-hybridized carbons (Fsp3) is 0.471. The first kappa shape index (κ1) is 16.3. The average Bonchev–Trinajstić information content (AvgIpc) is 3.07. The third kappa shape index (κ3) is 3.34. The van der Waals surface area contributed by atoms with Crippen LogP contribution < -0.4 is 10.1 Å². The van der Waals surface area contributed by atoms with Gasteiger partial charge < -0.3 is 19.9 Å². The molecule has 1 N–H and O–H groups in total. The Morgan fingerprint density at radius 2 is 1.71 bits per heavy atom. The molecule has 0 spiro atoms. The molecule has 7 heteroatoms. The summed E-state index contributed by atoms with van der Waals surface area (Å²) < 4.78 is 5.09. The minimum Gasteiger partial charge on any atom is -0.497 e. The highest BCUT2D eigenvalue weighted by molar-refractivity contribution is 5.95. The summed E-state index contributed by atoms with van der Waals surface area (Å²) in [5, 5.41) is 2.70. The van der Waals surface area contributed by atoms with Gasteiger partial charge in [-0.05, 0) is 30.7 Å². The Balaban J connectivity index is 1.55. The molecule has 128 valence electrons. The second-order valence-electron chi connectivity index (χ2n) is 6.00. The second kappa shape index (κ2) is 6.90. The molecule has 1 unspecified atom stereocenters. The molecule has 1 atom stereocenters. The van der Waals surface area contributed by atoms with E-state index in [2.05, 4.69) is 5.32 Å². The van der Waals surface area contributed by atoms with E-state index >= 15 is 0 Å². The molecule has 7 nitrogen and oxygen atoms in total. The molecule has 0 saturated carbocycles. The molecule has 1 aromatic rings. The van der Waals surface area contributed by atoms with Crippen LogP contribution in [-0.4, -0.2) is 66.9 Å². The van der Waals surface area contributed by atoms with E-state index in [1.54, 1.807) is 41.2 Å². The highest BCUT2D eigenvalue weighted by Crippen LogP contribution is 2.16. The second-order valence-corrected chi connectivity index (χ2v) is 6.00. The van der Waals surface area contributed by atoms with Gasteiger partial charge in [0.15, 0.2) is 0 Å². The Morgan fingerprint density at radius 1 is 1.08 bits per heavy atom. The van der Waals surface area contributed by atoms with Gasteiger partial charge in [-0.1, -0.05) is 0 Å². The number of ether oxygens (including phenoxy) is 1. The first-order valence-electron chi connectivity index (χ1n) is 8.10. The predicted molar refractivity (Wildman–Crippen MR) is 86.6 cm³/mol. The molecule has 2 saturated heterocycles. The Labute approximate surface area is 140 Å². The van der Waals surface area contributed by atoms with Gasteiger partial charge in [0, 0.05) is 38.2 Å². The molecule has 0 radical (unpaired) electrons. The zero-order valence-electron chi connectivity index (χ0n) is 13.7. The maximum atomic E-state index is 12.5. The molecule has 0 aromatic heterocycles. The van der Waals surface area contributed by atoms with E-state index in [0.717, 1.165) is 0 Å². The van der Waals surface area contributed by atoms with Crippen molar-refractivity contribution in [2.24, 2.45) is 0 Å². The molecule has 0 bridgehead atoms. The van der Waals surface area contributed by atoms with Gasteiger partial charge in [-0.25, -0.2) is 0 Å². The summed E-state index contributed by atoms with van der Waals surface area (Å²) in [5.74, 6) is 0.554. The molecule has 2 fully saturated rings. The molecular formula is C17H21N3O4. The van der Waals surface area contributed by atoms with Crippen molar-refractivity contribution >= 4 is 17.7 Å². The number of rotatable bonds is 3. The van der Waals surface area contributed by atoms with E-state index in [1.165, 1.54) is 0 Å². The van der Waals surface area contributed by atoms with E-state index in [1.807, 2.05) is 0 Å². The van der Waals surface area contributed by atoms with Crippen LogP contribution in [0.25, 0.3) is 0 Å². The largest absolute Gasteiger partial charge is 0.497 e. The van der Waals surface area contributed by atoms with E-state index in [9.17, 15) is 14.4 Å². The summed E-state index contributed by atoms with van der Waals surface area (Å²) in [5.41, 5.74) is 0.610. The van der Waals surface area contributed by atoms with Crippen LogP contribution in [0.5, 0.6) is 5.75 Å². The standard InChI is InChI=1S/C17H21N3O4/c1-24-13-4-2-12(3-5-13)16(22)19-8-10-20(11-9-19)17(23)14-6-7-15(21)18-14/h2-5,14H,6-11H2,1H3,(H,18,21). The molecule has 0 aliphatic carbocycles. The Morgan fingerprint density at radius 3 is 2.25 bits per heavy atom. The Kier molecular flexibility index (Phi) is 4.69. The van der Waals surface area contributed by atoms with Crippen LogP contribution in [0.4, 0.5) is 0 Å². The Hall–Kier alpha value is -2.57. The molecule has 24 heavy (non-hydrogen) atoms. The van der Waals surface area contributed by atoms with Crippen molar-refractivity contribution in [1.82, 2.24) is 15.1 Å². The van der Waals surface area contributed by atoms with Crippen molar-refractivity contribution < 1.29 is 19.1 Å². The number of piperazine rings is 1. The third-order valence-electron chi connectivity index (χ3n) is 4.51. The fourth-order valence-corrected chi connectivity index (χ4v) is 3.07. The minimum absolute atomic E-state index is 0.0427. The van der Waals surface area contributed by atoms with Crippen LogP contribution >= 0.6 is 0 Å². The molecule has 2 heterocycles. The van der Waals surface area contributed by atoms with Gasteiger partial charge in [0.2, 0.25) is 11.8 Å². The van der Waals surface area contributed by atoms with Gasteiger partial charge in [0.1, 0.15) is 11.8 Å². The summed E-state index contributed by atoms with van der Waals surface area (Å²) in [6.07, 6.45) is 0.967. The lowest BCUT2D eigenvalue weighted by molar-refractivity contribution is -0.135. The van der Waals surface area contributed by atoms with Crippen LogP contribution in [0.1, 0.15) is 23.2 Å². The van der Waals surface area contributed by atoms with E-state index < -0.39 is 6.04 Å². The number of hydrogen-bond acceptors (Lipinski definition) is 4. The number of amides is 3. The maximum Gasteiger partial charge on any atom is 0.253 e. The van der Waals surface area contributed by atoms with Crippen LogP contribution in [0.3, 0.4) is 0 Å². The summed E-state index contributed by atoms with van der Waals surface area (Å²) in [6, 6.07) is 6.60. The first-order chi connectivity index (χ1) is 11.6. The lowest BCUT2D eigenvalue weighted by atomic mass is 10.1. The number of benzene rings is 1. The monoisotopic (exact) mass is 331 g/mol. The number of hydrogen-bond donors (Lipinski definition) is 1. The number of methoxy groups -OCH3 is 1. The highest BCUT2D eigenvalue weighted by atomic mass is 16.5. The summed E-state index contributed by atoms with van der Waals surface area (Å²) in [6.45, 7) is 1.98. The van der Waals surface area contributed by atoms with Crippen molar-refractivity contribution in [2.75, 3.05) is 33.3 Å². The van der Waals surface area contributed by atoms with Gasteiger partial charge in [-0.15, -0.1) is 0 Å². The van der Waals surface area contributed by atoms with E-state index in [-0.39, 0.29) is 17.7 Å². The zero-order valence-corrected chi connectivity index (χ0v) is 13.7. The number of nitrogens with zero attached hydrogens (tertiary/aromatic N) is 2. The smallest absolute Gasteiger partial charge is 0.253 e. The molecule has 2 aliphatic rings. The molecule has 1 aromatic carbocycles. The summed E-state index contributed by atoms with van der Waals surface area (Å²) in [4.78, 5) is 39.6. The molecular weight excluding hydrogens is 310 g/mol. The van der Waals surface area contributed by atoms with Crippen LogP contribution in [0.15, 0.2) is 24.3 Å². The summed E-state index contributed by atoms with van der Waals surface area (Å²) in [7, 11) is 1.58. The molecule has 2 aliphatic heterocycles. The Bertz CT molecular complexity index is 636. The number of carbonyl (C=O) groups excluding carboxylic acids is 3. The van der Waals surface area contributed by atoms with Crippen molar-refractivity contribution in [2.45, 2.75) is 18.9 Å². The lowest BCUT2D eigenvalue weighted by Gasteiger charge is -2.36. The minimum atomic E-state index is -0.402. The maximum absolute atomic E-state index is 12.5. The van der Waals surface area contributed by atoms with Crippen molar-refractivity contribution in [1.29, 1.82) is 0 Å². The van der Waals surface area contributed by atoms with Crippen molar-refractivity contribution in [3.05, 3.63) is 29.8 Å². The van der Waals surface area contributed by atoms with Crippen molar-refractivity contribution in [3.8, 4) is 5.75 Å². The highest BCUT2D eigenvalue weighted by Gasteiger charge is 2.33. The fourth-order valence-electron chi connectivity index (χ4n) is 3.07. The van der Waals surface area contributed by atoms with Crippen molar-refractivity contribution in [3.63, 3.8) is 0 Å². The predicted octanol–water partition coefficient (Wildman–Crippen LogP) is 0.258. The van der Waals surface area contributed by atoms with Gasteiger partial charge in [-0.2, -0.15) is 0 Å². The average molecular weight is 331 g/mol. The third-order valence-corrected chi connectivity index (χ3v) is 4.51. The van der Waals surface area contributed by atoms with E-state index in [4.69, 9.17) is 4.74 Å². The first-order valence-corrected chi connectivity index (χ1v) is 8.10. The summed E-state index contributed by atoms with van der Waals surface area (Å²) >= 11 is 0. The van der Waals surface area contributed by atoms with Gasteiger partial charge in [0.05, 0.1) is 7.11 Å². The molecule has 3 amide bonds. The topological polar surface area (TPSA) is 79.0 Å². The number of nitrogens with one attached hydrogen (secondary N) is 1. The normalized spacial score (nSPS) is 20.7. The van der Waals surface area contributed by atoms with Crippen LogP contribution in [0.2, 0.25) is 0 Å². The van der Waals surface area contributed by atoms with Crippen LogP contribution in [-0.2, 0) is 9.59 Å². The molecule has 3 rings (SSSR count). The van der Waals surface area contributed by atoms with Gasteiger partial charge in [0.25, 0.3) is 5.91 Å². The SMILES string of the molecule is COc1ccc(C(=O)N2CCN(C(=O)C3CCC(=O)N3)CC2)cc1. The zero-order chi connectivity index (χ0) is 17.1. The van der Waals surface area contributed by atoms with Crippen LogP contribution in [0, 0.1) is 0 Å². The van der Waals surface area contributed by atoms with E-state index in [0.29, 0.717) is 50.3 Å². The van der Waals surface area contributed by atoms with Gasteiger partial charge >= 0.3 is 0 Å². The quantitative estimate of drug-likeness (QED) is 0.862.